The van der Waals surface area contributed by atoms with Gasteiger partial charge in [-0.25, -0.2) is 4.79 Å². The lowest BCUT2D eigenvalue weighted by Crippen LogP contribution is -2.34. The number of furan rings is 1. The van der Waals surface area contributed by atoms with Crippen molar-refractivity contribution < 1.29 is 14.0 Å². The first-order chi connectivity index (χ1) is 10.6. The Balaban J connectivity index is 1.92. The topological polar surface area (TPSA) is 87.5 Å². The van der Waals surface area contributed by atoms with Crippen molar-refractivity contribution >= 4 is 11.9 Å². The normalized spacial score (nSPS) is 10.1. The van der Waals surface area contributed by atoms with Gasteiger partial charge in [-0.1, -0.05) is 0 Å². The molecule has 0 saturated heterocycles. The van der Waals surface area contributed by atoms with Crippen LogP contribution in [0.3, 0.4) is 0 Å². The van der Waals surface area contributed by atoms with E-state index in [1.807, 2.05) is 0 Å². The second-order valence-electron chi connectivity index (χ2n) is 4.85. The van der Waals surface area contributed by atoms with Gasteiger partial charge in [0.15, 0.2) is 0 Å². The molecule has 0 fully saturated rings. The molecule has 22 heavy (non-hydrogen) atoms. The van der Waals surface area contributed by atoms with Gasteiger partial charge in [0.25, 0.3) is 5.91 Å². The Morgan fingerprint density at radius 1 is 1.23 bits per heavy atom. The van der Waals surface area contributed by atoms with E-state index in [1.54, 1.807) is 50.8 Å². The maximum Gasteiger partial charge on any atom is 0.317 e. The zero-order valence-corrected chi connectivity index (χ0v) is 12.5. The number of pyridine rings is 1. The van der Waals surface area contributed by atoms with E-state index in [9.17, 15) is 9.59 Å². The fraction of sp³-hybridized carbons (Fsp3) is 0.267. The number of nitrogens with one attached hydrogen (secondary N) is 2. The van der Waals surface area contributed by atoms with Gasteiger partial charge in [0.2, 0.25) is 0 Å². The van der Waals surface area contributed by atoms with Crippen LogP contribution in [0.15, 0.2) is 41.1 Å². The number of amides is 3. The molecular formula is C15H18N4O3. The minimum Gasteiger partial charge on any atom is -0.467 e. The fourth-order valence-electron chi connectivity index (χ4n) is 1.72. The van der Waals surface area contributed by atoms with E-state index in [0.717, 1.165) is 0 Å². The summed E-state index contributed by atoms with van der Waals surface area (Å²) in [6.07, 6.45) is 3.10. The summed E-state index contributed by atoms with van der Waals surface area (Å²) in [5.74, 6) is 0.458. The van der Waals surface area contributed by atoms with E-state index in [0.29, 0.717) is 23.6 Å². The van der Waals surface area contributed by atoms with E-state index < -0.39 is 0 Å². The molecule has 2 heterocycles. The van der Waals surface area contributed by atoms with Gasteiger partial charge in [-0.15, -0.1) is 0 Å². The van der Waals surface area contributed by atoms with Crippen LogP contribution in [-0.4, -0.2) is 35.9 Å². The maximum atomic E-state index is 12.1. The second-order valence-corrected chi connectivity index (χ2v) is 4.85. The number of urea groups is 1. The van der Waals surface area contributed by atoms with Crippen LogP contribution < -0.4 is 10.6 Å². The van der Waals surface area contributed by atoms with Crippen LogP contribution in [0.25, 0.3) is 0 Å². The summed E-state index contributed by atoms with van der Waals surface area (Å²) >= 11 is 0. The van der Waals surface area contributed by atoms with E-state index in [4.69, 9.17) is 4.42 Å². The van der Waals surface area contributed by atoms with Gasteiger partial charge in [-0.3, -0.25) is 9.78 Å². The van der Waals surface area contributed by atoms with Gasteiger partial charge >= 0.3 is 6.03 Å². The Labute approximate surface area is 128 Å². The van der Waals surface area contributed by atoms with Gasteiger partial charge < -0.3 is 20.0 Å². The van der Waals surface area contributed by atoms with Crippen LogP contribution in [-0.2, 0) is 13.1 Å². The van der Waals surface area contributed by atoms with Crippen LogP contribution in [0.4, 0.5) is 4.79 Å². The third-order valence-corrected chi connectivity index (χ3v) is 2.91. The van der Waals surface area contributed by atoms with Gasteiger partial charge in [-0.2, -0.15) is 0 Å². The molecular weight excluding hydrogens is 284 g/mol. The summed E-state index contributed by atoms with van der Waals surface area (Å²) < 4.78 is 5.15. The molecule has 7 nitrogen and oxygen atoms in total. The molecule has 0 aliphatic carbocycles. The lowest BCUT2D eigenvalue weighted by atomic mass is 10.2. The van der Waals surface area contributed by atoms with Crippen molar-refractivity contribution in [3.05, 3.63) is 53.7 Å². The molecule has 0 aromatic carbocycles. The molecule has 2 rings (SSSR count). The molecule has 0 aliphatic heterocycles. The van der Waals surface area contributed by atoms with Gasteiger partial charge in [0.05, 0.1) is 25.0 Å². The molecule has 2 aromatic rings. The SMILES string of the molecule is CN(C)C(=O)NCc1cc(C(=O)NCc2ccco2)ccn1. The molecule has 0 atom stereocenters. The highest BCUT2D eigenvalue weighted by atomic mass is 16.3. The smallest absolute Gasteiger partial charge is 0.317 e. The average Bonchev–Trinajstić information content (AvgIpc) is 3.03. The van der Waals surface area contributed by atoms with E-state index in [-0.39, 0.29) is 18.5 Å². The third-order valence-electron chi connectivity index (χ3n) is 2.91. The number of carbonyl (C=O) groups is 2. The predicted molar refractivity (Wildman–Crippen MR) is 80.0 cm³/mol. The Morgan fingerprint density at radius 2 is 2.05 bits per heavy atom. The van der Waals surface area contributed by atoms with Crippen molar-refractivity contribution in [1.29, 1.82) is 0 Å². The molecule has 0 aliphatic rings. The summed E-state index contributed by atoms with van der Waals surface area (Å²) in [7, 11) is 3.31. The molecule has 2 N–H and O–H groups in total. The average molecular weight is 302 g/mol. The Morgan fingerprint density at radius 3 is 2.73 bits per heavy atom. The number of aromatic nitrogens is 1. The zero-order valence-electron chi connectivity index (χ0n) is 12.5. The molecule has 0 unspecified atom stereocenters. The van der Waals surface area contributed by atoms with Crippen molar-refractivity contribution in [2.75, 3.05) is 14.1 Å². The van der Waals surface area contributed by atoms with E-state index in [1.165, 1.54) is 4.90 Å². The quantitative estimate of drug-likeness (QED) is 0.873. The molecule has 0 radical (unpaired) electrons. The van der Waals surface area contributed by atoms with Crippen LogP contribution in [0.5, 0.6) is 0 Å². The van der Waals surface area contributed by atoms with Gasteiger partial charge in [-0.05, 0) is 24.3 Å². The summed E-state index contributed by atoms with van der Waals surface area (Å²) in [6, 6.07) is 6.60. The number of hydrogen-bond acceptors (Lipinski definition) is 4. The molecule has 3 amide bonds. The van der Waals surface area contributed by atoms with Crippen LogP contribution >= 0.6 is 0 Å². The van der Waals surface area contributed by atoms with Crippen LogP contribution in [0, 0.1) is 0 Å². The van der Waals surface area contributed by atoms with E-state index in [2.05, 4.69) is 15.6 Å². The Bertz CT molecular complexity index is 638. The minimum absolute atomic E-state index is 0.213. The highest BCUT2D eigenvalue weighted by Gasteiger charge is 2.09. The first kappa shape index (κ1) is 15.6. The fourth-order valence-corrected chi connectivity index (χ4v) is 1.72. The van der Waals surface area contributed by atoms with Crippen molar-refractivity contribution in [2.45, 2.75) is 13.1 Å². The first-order valence-corrected chi connectivity index (χ1v) is 6.77. The first-order valence-electron chi connectivity index (χ1n) is 6.77. The summed E-state index contributed by atoms with van der Waals surface area (Å²) in [6.45, 7) is 0.581. The van der Waals surface area contributed by atoms with Crippen molar-refractivity contribution in [2.24, 2.45) is 0 Å². The molecule has 7 heteroatoms. The summed E-state index contributed by atoms with van der Waals surface area (Å²) in [5, 5.41) is 5.45. The number of hydrogen-bond donors (Lipinski definition) is 2. The number of rotatable bonds is 5. The molecule has 0 spiro atoms. The summed E-state index contributed by atoms with van der Waals surface area (Å²) in [5.41, 5.74) is 1.09. The van der Waals surface area contributed by atoms with E-state index >= 15 is 0 Å². The van der Waals surface area contributed by atoms with Crippen LogP contribution in [0.2, 0.25) is 0 Å². The third kappa shape index (κ3) is 4.34. The highest BCUT2D eigenvalue weighted by molar-refractivity contribution is 5.94. The Kier molecular flexibility index (Phi) is 5.13. The number of carbonyl (C=O) groups excluding carboxylic acids is 2. The standard InChI is InChI=1S/C15H18N4O3/c1-19(2)15(21)18-9-12-8-11(5-6-16-12)14(20)17-10-13-4-3-7-22-13/h3-8H,9-10H2,1-2H3,(H,17,20)(H,18,21). The summed E-state index contributed by atoms with van der Waals surface area (Å²) in [4.78, 5) is 29.1. The van der Waals surface area contributed by atoms with Crippen molar-refractivity contribution in [1.82, 2.24) is 20.5 Å². The second kappa shape index (κ2) is 7.26. The molecule has 2 aromatic heterocycles. The van der Waals surface area contributed by atoms with Crippen molar-refractivity contribution in [3.8, 4) is 0 Å². The predicted octanol–water partition coefficient (Wildman–Crippen LogP) is 1.38. The molecule has 116 valence electrons. The maximum absolute atomic E-state index is 12.1. The Hall–Kier alpha value is -2.83. The lowest BCUT2D eigenvalue weighted by Gasteiger charge is -2.11. The van der Waals surface area contributed by atoms with Gasteiger partial charge in [0, 0.05) is 25.9 Å². The number of nitrogens with zero attached hydrogens (tertiary/aromatic N) is 2. The molecule has 0 bridgehead atoms. The minimum atomic E-state index is -0.223. The van der Waals surface area contributed by atoms with Crippen molar-refractivity contribution in [3.63, 3.8) is 0 Å². The van der Waals surface area contributed by atoms with Gasteiger partial charge in [0.1, 0.15) is 5.76 Å². The lowest BCUT2D eigenvalue weighted by molar-refractivity contribution is 0.0948. The zero-order chi connectivity index (χ0) is 15.9. The largest absolute Gasteiger partial charge is 0.467 e. The molecule has 0 saturated carbocycles. The van der Waals surface area contributed by atoms with Crippen LogP contribution in [0.1, 0.15) is 21.8 Å². The highest BCUT2D eigenvalue weighted by Crippen LogP contribution is 2.04. The monoisotopic (exact) mass is 302 g/mol.